The number of carbonyl (C=O) groups excluding carboxylic acids is 2. The second kappa shape index (κ2) is 7.44. The van der Waals surface area contributed by atoms with Crippen LogP contribution in [0.4, 0.5) is 4.79 Å². The monoisotopic (exact) mass is 416 g/mol. The Kier molecular flexibility index (Phi) is 5.77. The Morgan fingerprint density at radius 3 is 2.71 bits per heavy atom. The fourth-order valence-electron chi connectivity index (χ4n) is 2.55. The van der Waals surface area contributed by atoms with Gasteiger partial charge >= 0.3 is 12.0 Å². The van der Waals surface area contributed by atoms with Crippen LogP contribution in [0.25, 0.3) is 0 Å². The molecule has 1 aromatic carbocycles. The summed E-state index contributed by atoms with van der Waals surface area (Å²) >= 11 is 9.54. The number of halogens is 2. The van der Waals surface area contributed by atoms with Crippen molar-refractivity contribution in [2.24, 2.45) is 0 Å². The number of methoxy groups -OCH3 is 1. The molecule has 1 aliphatic rings. The van der Waals surface area contributed by atoms with E-state index in [1.54, 1.807) is 33.0 Å². The third-order valence-electron chi connectivity index (χ3n) is 3.80. The fraction of sp³-hybridized carbons (Fsp3) is 0.375. The molecule has 0 unspecified atom stereocenters. The Morgan fingerprint density at radius 2 is 2.12 bits per heavy atom. The number of nitrogens with one attached hydrogen (secondary N) is 1. The number of esters is 1. The summed E-state index contributed by atoms with van der Waals surface area (Å²) in [6, 6.07) is 2.29. The first-order valence-electron chi connectivity index (χ1n) is 7.26. The minimum atomic E-state index is -0.724. The van der Waals surface area contributed by atoms with Gasteiger partial charge in [-0.05, 0) is 41.9 Å². The lowest BCUT2D eigenvalue weighted by Gasteiger charge is -2.33. The Hall–Kier alpha value is -1.73. The van der Waals surface area contributed by atoms with Gasteiger partial charge in [0.05, 0.1) is 29.8 Å². The molecular formula is C16H18BrClN2O4. The molecule has 0 fully saturated rings. The predicted octanol–water partition coefficient (Wildman–Crippen LogP) is 3.64. The number of allylic oxidation sites excluding steroid dienone is 1. The van der Waals surface area contributed by atoms with Crippen molar-refractivity contribution in [3.8, 4) is 5.75 Å². The molecule has 130 valence electrons. The number of hydrogen-bond donors (Lipinski definition) is 1. The SMILES string of the molecule is CCOC(=O)C1=C(C)N(C)C(=O)N[C@@H]1c1cc(Cl)cc(Br)c1OC. The van der Waals surface area contributed by atoms with Crippen molar-refractivity contribution in [3.63, 3.8) is 0 Å². The van der Waals surface area contributed by atoms with Gasteiger partial charge in [-0.3, -0.25) is 0 Å². The molecule has 0 saturated heterocycles. The van der Waals surface area contributed by atoms with Crippen molar-refractivity contribution in [1.82, 2.24) is 10.2 Å². The second-order valence-corrected chi connectivity index (χ2v) is 6.46. The van der Waals surface area contributed by atoms with Crippen LogP contribution in [0.2, 0.25) is 5.02 Å². The molecule has 24 heavy (non-hydrogen) atoms. The first-order valence-corrected chi connectivity index (χ1v) is 8.43. The van der Waals surface area contributed by atoms with Crippen molar-refractivity contribution < 1.29 is 19.1 Å². The topological polar surface area (TPSA) is 67.9 Å². The third kappa shape index (κ3) is 3.37. The lowest BCUT2D eigenvalue weighted by Crippen LogP contribution is -2.46. The summed E-state index contributed by atoms with van der Waals surface area (Å²) < 4.78 is 11.2. The first kappa shape index (κ1) is 18.6. The van der Waals surface area contributed by atoms with Crippen LogP contribution in [-0.2, 0) is 9.53 Å². The molecule has 1 N–H and O–H groups in total. The molecule has 0 aliphatic carbocycles. The van der Waals surface area contributed by atoms with Crippen molar-refractivity contribution in [1.29, 1.82) is 0 Å². The molecule has 0 saturated carbocycles. The van der Waals surface area contributed by atoms with E-state index >= 15 is 0 Å². The first-order chi connectivity index (χ1) is 11.3. The number of rotatable bonds is 4. The number of ether oxygens (including phenoxy) is 2. The lowest BCUT2D eigenvalue weighted by atomic mass is 9.94. The predicted molar refractivity (Wildman–Crippen MR) is 94.1 cm³/mol. The standard InChI is InChI=1S/C16H18BrClN2O4/c1-5-24-15(21)12-8(2)20(3)16(22)19-13(12)10-6-9(18)7-11(17)14(10)23-4/h6-7,13H,5H2,1-4H3,(H,19,22)/t13-/m1/s1. The molecule has 1 heterocycles. The van der Waals surface area contributed by atoms with E-state index < -0.39 is 12.0 Å². The van der Waals surface area contributed by atoms with E-state index in [1.165, 1.54) is 12.0 Å². The Labute approximate surface area is 153 Å². The van der Waals surface area contributed by atoms with Crippen molar-refractivity contribution >= 4 is 39.5 Å². The van der Waals surface area contributed by atoms with Crippen LogP contribution in [-0.4, -0.2) is 37.7 Å². The molecule has 1 aliphatic heterocycles. The van der Waals surface area contributed by atoms with Gasteiger partial charge in [-0.15, -0.1) is 0 Å². The molecule has 0 spiro atoms. The maximum Gasteiger partial charge on any atom is 0.338 e. The van der Waals surface area contributed by atoms with Gasteiger partial charge < -0.3 is 19.7 Å². The van der Waals surface area contributed by atoms with Crippen LogP contribution in [0.15, 0.2) is 27.9 Å². The maximum atomic E-state index is 12.5. The highest BCUT2D eigenvalue weighted by atomic mass is 79.9. The number of hydrogen-bond acceptors (Lipinski definition) is 4. The normalized spacial score (nSPS) is 17.7. The van der Waals surface area contributed by atoms with E-state index in [2.05, 4.69) is 21.2 Å². The highest BCUT2D eigenvalue weighted by Crippen LogP contribution is 2.40. The van der Waals surface area contributed by atoms with E-state index in [-0.39, 0.29) is 12.6 Å². The van der Waals surface area contributed by atoms with E-state index in [9.17, 15) is 9.59 Å². The Balaban J connectivity index is 2.66. The lowest BCUT2D eigenvalue weighted by molar-refractivity contribution is -0.139. The summed E-state index contributed by atoms with van der Waals surface area (Å²) in [5, 5.41) is 3.25. The van der Waals surface area contributed by atoms with Gasteiger partial charge in [-0.1, -0.05) is 11.6 Å². The number of benzene rings is 1. The highest BCUT2D eigenvalue weighted by molar-refractivity contribution is 9.10. The van der Waals surface area contributed by atoms with Gasteiger partial charge in [0.15, 0.2) is 0 Å². The highest BCUT2D eigenvalue weighted by Gasteiger charge is 2.36. The summed E-state index contributed by atoms with van der Waals surface area (Å²) in [7, 11) is 3.10. The van der Waals surface area contributed by atoms with Gasteiger partial charge in [0.2, 0.25) is 0 Å². The maximum absolute atomic E-state index is 12.5. The van der Waals surface area contributed by atoms with E-state index in [4.69, 9.17) is 21.1 Å². The van der Waals surface area contributed by atoms with Gasteiger partial charge in [-0.25, -0.2) is 9.59 Å². The van der Waals surface area contributed by atoms with Gasteiger partial charge in [-0.2, -0.15) is 0 Å². The van der Waals surface area contributed by atoms with Crippen LogP contribution in [0.5, 0.6) is 5.75 Å². The zero-order valence-corrected chi connectivity index (χ0v) is 16.1. The van der Waals surface area contributed by atoms with Crippen LogP contribution in [0, 0.1) is 0 Å². The summed E-state index contributed by atoms with van der Waals surface area (Å²) in [6.45, 7) is 3.66. The smallest absolute Gasteiger partial charge is 0.338 e. The molecule has 0 aromatic heterocycles. The molecule has 0 bridgehead atoms. The Morgan fingerprint density at radius 1 is 1.46 bits per heavy atom. The van der Waals surface area contributed by atoms with E-state index in [0.717, 1.165) is 0 Å². The van der Waals surface area contributed by atoms with Crippen LogP contribution >= 0.6 is 27.5 Å². The minimum absolute atomic E-state index is 0.233. The molecule has 0 radical (unpaired) electrons. The van der Waals surface area contributed by atoms with Crippen LogP contribution < -0.4 is 10.1 Å². The second-order valence-electron chi connectivity index (χ2n) is 5.17. The largest absolute Gasteiger partial charge is 0.495 e. The van der Waals surface area contributed by atoms with E-state index in [0.29, 0.717) is 32.1 Å². The molecule has 1 atom stereocenters. The summed E-state index contributed by atoms with van der Waals surface area (Å²) in [5.41, 5.74) is 1.42. The average molecular weight is 418 g/mol. The molecular weight excluding hydrogens is 400 g/mol. The van der Waals surface area contributed by atoms with Crippen molar-refractivity contribution in [2.45, 2.75) is 19.9 Å². The van der Waals surface area contributed by atoms with Gasteiger partial charge in [0.1, 0.15) is 5.75 Å². The molecule has 2 rings (SSSR count). The number of urea groups is 1. The molecule has 6 nitrogen and oxygen atoms in total. The summed E-state index contributed by atoms with van der Waals surface area (Å²) in [4.78, 5) is 26.1. The molecule has 8 heteroatoms. The quantitative estimate of drug-likeness (QED) is 0.760. The van der Waals surface area contributed by atoms with Crippen molar-refractivity contribution in [2.75, 3.05) is 20.8 Å². The molecule has 1 aromatic rings. The zero-order chi connectivity index (χ0) is 18.0. The number of carbonyl (C=O) groups is 2. The molecule has 2 amide bonds. The summed E-state index contributed by atoms with van der Waals surface area (Å²) in [5.74, 6) is -0.00569. The summed E-state index contributed by atoms with van der Waals surface area (Å²) in [6.07, 6.45) is 0. The van der Waals surface area contributed by atoms with Crippen LogP contribution in [0.1, 0.15) is 25.5 Å². The van der Waals surface area contributed by atoms with Gasteiger partial charge in [0.25, 0.3) is 0 Å². The average Bonchev–Trinajstić information content (AvgIpc) is 2.51. The Bertz CT molecular complexity index is 720. The van der Waals surface area contributed by atoms with Crippen LogP contribution in [0.3, 0.4) is 0 Å². The minimum Gasteiger partial charge on any atom is -0.495 e. The zero-order valence-electron chi connectivity index (χ0n) is 13.8. The van der Waals surface area contributed by atoms with E-state index in [1.807, 2.05) is 0 Å². The number of nitrogens with zero attached hydrogens (tertiary/aromatic N) is 1. The third-order valence-corrected chi connectivity index (χ3v) is 4.61. The van der Waals surface area contributed by atoms with Gasteiger partial charge in [0, 0.05) is 23.3 Å². The van der Waals surface area contributed by atoms with Crippen molar-refractivity contribution in [3.05, 3.63) is 38.5 Å². The number of amides is 2. The fourth-order valence-corrected chi connectivity index (χ4v) is 3.55.